The molecule has 27 heavy (non-hydrogen) atoms. The number of hydrogen-bond donors (Lipinski definition) is 1. The monoisotopic (exact) mass is 374 g/mol. The van der Waals surface area contributed by atoms with E-state index in [9.17, 15) is 4.79 Å². The molecule has 1 N–H and O–H groups in total. The summed E-state index contributed by atoms with van der Waals surface area (Å²) >= 11 is 0. The van der Waals surface area contributed by atoms with Gasteiger partial charge in [-0.1, -0.05) is 6.42 Å². The minimum Gasteiger partial charge on any atom is -0.494 e. The van der Waals surface area contributed by atoms with Gasteiger partial charge in [-0.05, 0) is 82.7 Å². The number of rotatable bonds is 8. The molecule has 150 valence electrons. The van der Waals surface area contributed by atoms with Crippen molar-refractivity contribution in [3.63, 3.8) is 0 Å². The van der Waals surface area contributed by atoms with Gasteiger partial charge in [0.15, 0.2) is 0 Å². The Kier molecular flexibility index (Phi) is 7.13. The third-order valence-electron chi connectivity index (χ3n) is 6.13. The lowest BCUT2D eigenvalue weighted by Crippen LogP contribution is -2.42. The number of anilines is 1. The number of benzene rings is 1. The van der Waals surface area contributed by atoms with Crippen molar-refractivity contribution >= 4 is 11.6 Å². The van der Waals surface area contributed by atoms with E-state index in [0.717, 1.165) is 56.7 Å². The Labute approximate surface area is 163 Å². The molecule has 3 rings (SSSR count). The quantitative estimate of drug-likeness (QED) is 0.692. The molecule has 0 aromatic heterocycles. The maximum Gasteiger partial charge on any atom is 0.256 e. The lowest BCUT2D eigenvalue weighted by Gasteiger charge is -2.33. The Bertz CT molecular complexity index is 596. The summed E-state index contributed by atoms with van der Waals surface area (Å²) in [5.74, 6) is 0.814. The first-order chi connectivity index (χ1) is 13.1. The molecule has 1 heterocycles. The summed E-state index contributed by atoms with van der Waals surface area (Å²) in [7, 11) is 1.63. The van der Waals surface area contributed by atoms with Crippen LogP contribution in [-0.4, -0.2) is 49.3 Å². The zero-order chi connectivity index (χ0) is 19.1. The summed E-state index contributed by atoms with van der Waals surface area (Å²) in [6, 6.07) is 8.36. The molecule has 1 saturated carbocycles. The number of piperidine rings is 1. The van der Waals surface area contributed by atoms with E-state index in [2.05, 4.69) is 17.1 Å². The molecule has 2 fully saturated rings. The number of ether oxygens (including phenoxy) is 2. The summed E-state index contributed by atoms with van der Waals surface area (Å²) in [5.41, 5.74) is 0.138. The van der Waals surface area contributed by atoms with E-state index in [1.165, 1.54) is 25.8 Å². The Morgan fingerprint density at radius 2 is 1.93 bits per heavy atom. The molecule has 1 saturated heterocycles. The Hall–Kier alpha value is -1.59. The van der Waals surface area contributed by atoms with Crippen LogP contribution >= 0.6 is 0 Å². The molecule has 0 bridgehead atoms. The standard InChI is InChI=1S/C22H34N2O3/c1-18-8-3-6-15-24(18)16-7-17-27-20-11-9-19(10-12-20)23-21(25)22(26-2)13-4-5-14-22/h9-12,18H,3-8,13-17H2,1-2H3,(H,23,25)/t18-/m0/s1. The predicted molar refractivity (Wildman–Crippen MR) is 108 cm³/mol. The average molecular weight is 375 g/mol. The van der Waals surface area contributed by atoms with E-state index in [-0.39, 0.29) is 5.91 Å². The summed E-state index contributed by atoms with van der Waals surface area (Å²) in [4.78, 5) is 15.1. The highest BCUT2D eigenvalue weighted by atomic mass is 16.5. The van der Waals surface area contributed by atoms with Gasteiger partial charge in [0.05, 0.1) is 6.61 Å². The molecular formula is C22H34N2O3. The zero-order valence-electron chi connectivity index (χ0n) is 16.8. The molecule has 1 atom stereocenters. The number of methoxy groups -OCH3 is 1. The van der Waals surface area contributed by atoms with Crippen LogP contribution in [0.4, 0.5) is 5.69 Å². The lowest BCUT2D eigenvalue weighted by atomic mass is 10.0. The first-order valence-corrected chi connectivity index (χ1v) is 10.5. The minimum atomic E-state index is -0.652. The fourth-order valence-corrected chi connectivity index (χ4v) is 4.30. The van der Waals surface area contributed by atoms with Crippen LogP contribution in [0.3, 0.4) is 0 Å². The highest BCUT2D eigenvalue weighted by molar-refractivity contribution is 5.97. The number of amides is 1. The first-order valence-electron chi connectivity index (χ1n) is 10.5. The summed E-state index contributed by atoms with van der Waals surface area (Å²) in [6.45, 7) is 5.38. The van der Waals surface area contributed by atoms with Crippen molar-refractivity contribution in [1.29, 1.82) is 0 Å². The molecule has 1 aliphatic carbocycles. The third kappa shape index (κ3) is 5.23. The van der Waals surface area contributed by atoms with Crippen molar-refractivity contribution in [2.24, 2.45) is 0 Å². The van der Waals surface area contributed by atoms with Gasteiger partial charge in [-0.25, -0.2) is 0 Å². The van der Waals surface area contributed by atoms with Gasteiger partial charge in [-0.15, -0.1) is 0 Å². The Morgan fingerprint density at radius 1 is 1.19 bits per heavy atom. The normalized spacial score (nSPS) is 22.5. The van der Waals surface area contributed by atoms with E-state index >= 15 is 0 Å². The second kappa shape index (κ2) is 9.56. The molecule has 1 aliphatic heterocycles. The van der Waals surface area contributed by atoms with Gasteiger partial charge in [-0.3, -0.25) is 4.79 Å². The number of likely N-dealkylation sites (tertiary alicyclic amines) is 1. The predicted octanol–water partition coefficient (Wildman–Crippen LogP) is 4.23. The average Bonchev–Trinajstić information content (AvgIpc) is 3.18. The third-order valence-corrected chi connectivity index (χ3v) is 6.13. The van der Waals surface area contributed by atoms with Gasteiger partial charge in [-0.2, -0.15) is 0 Å². The van der Waals surface area contributed by atoms with Crippen LogP contribution in [0.1, 0.15) is 58.3 Å². The van der Waals surface area contributed by atoms with E-state index in [4.69, 9.17) is 9.47 Å². The number of nitrogens with zero attached hydrogens (tertiary/aromatic N) is 1. The number of hydrogen-bond acceptors (Lipinski definition) is 4. The zero-order valence-corrected chi connectivity index (χ0v) is 16.8. The van der Waals surface area contributed by atoms with Gasteiger partial charge in [0.2, 0.25) is 0 Å². The van der Waals surface area contributed by atoms with Crippen LogP contribution in [0.2, 0.25) is 0 Å². The molecule has 5 nitrogen and oxygen atoms in total. The molecule has 0 unspecified atom stereocenters. The largest absolute Gasteiger partial charge is 0.494 e. The summed E-state index contributed by atoms with van der Waals surface area (Å²) in [6.07, 6.45) is 8.73. The first kappa shape index (κ1) is 20.2. The molecule has 2 aliphatic rings. The number of carbonyl (C=O) groups is 1. The van der Waals surface area contributed by atoms with E-state index in [1.54, 1.807) is 7.11 Å². The Morgan fingerprint density at radius 3 is 2.59 bits per heavy atom. The second-order valence-corrected chi connectivity index (χ2v) is 7.97. The topological polar surface area (TPSA) is 50.8 Å². The van der Waals surface area contributed by atoms with Gasteiger partial charge in [0, 0.05) is 25.4 Å². The molecule has 1 amide bonds. The van der Waals surface area contributed by atoms with Crippen LogP contribution in [0, 0.1) is 0 Å². The van der Waals surface area contributed by atoms with Crippen molar-refractivity contribution < 1.29 is 14.3 Å². The van der Waals surface area contributed by atoms with Crippen molar-refractivity contribution in [2.75, 3.05) is 32.1 Å². The Balaban J connectivity index is 1.41. The maximum atomic E-state index is 12.6. The molecular weight excluding hydrogens is 340 g/mol. The van der Waals surface area contributed by atoms with Gasteiger partial charge >= 0.3 is 0 Å². The van der Waals surface area contributed by atoms with Crippen molar-refractivity contribution in [3.05, 3.63) is 24.3 Å². The van der Waals surface area contributed by atoms with Gasteiger partial charge < -0.3 is 19.7 Å². The van der Waals surface area contributed by atoms with Crippen molar-refractivity contribution in [2.45, 2.75) is 69.9 Å². The van der Waals surface area contributed by atoms with Crippen LogP contribution in [-0.2, 0) is 9.53 Å². The molecule has 0 spiro atoms. The van der Waals surface area contributed by atoms with Crippen molar-refractivity contribution in [3.8, 4) is 5.75 Å². The smallest absolute Gasteiger partial charge is 0.256 e. The number of nitrogens with one attached hydrogen (secondary N) is 1. The summed E-state index contributed by atoms with van der Waals surface area (Å²) < 4.78 is 11.4. The fourth-order valence-electron chi connectivity index (χ4n) is 4.30. The van der Waals surface area contributed by atoms with Crippen molar-refractivity contribution in [1.82, 2.24) is 4.90 Å². The van der Waals surface area contributed by atoms with E-state index < -0.39 is 5.60 Å². The van der Waals surface area contributed by atoms with Crippen LogP contribution < -0.4 is 10.1 Å². The lowest BCUT2D eigenvalue weighted by molar-refractivity contribution is -0.136. The molecule has 5 heteroatoms. The van der Waals surface area contributed by atoms with Gasteiger partial charge in [0.1, 0.15) is 11.4 Å². The van der Waals surface area contributed by atoms with Crippen LogP contribution in [0.5, 0.6) is 5.75 Å². The van der Waals surface area contributed by atoms with Crippen LogP contribution in [0.15, 0.2) is 24.3 Å². The van der Waals surface area contributed by atoms with Gasteiger partial charge in [0.25, 0.3) is 5.91 Å². The highest BCUT2D eigenvalue weighted by Crippen LogP contribution is 2.34. The van der Waals surface area contributed by atoms with E-state index in [0.29, 0.717) is 6.04 Å². The molecule has 1 aromatic rings. The second-order valence-electron chi connectivity index (χ2n) is 7.97. The van der Waals surface area contributed by atoms with E-state index in [1.807, 2.05) is 24.3 Å². The molecule has 1 aromatic carbocycles. The SMILES string of the molecule is COC1(C(=O)Nc2ccc(OCCCN3CCCC[C@@H]3C)cc2)CCCC1. The minimum absolute atomic E-state index is 0.0354. The molecule has 0 radical (unpaired) electrons. The van der Waals surface area contributed by atoms with Crippen LogP contribution in [0.25, 0.3) is 0 Å². The highest BCUT2D eigenvalue weighted by Gasteiger charge is 2.41. The fraction of sp³-hybridized carbons (Fsp3) is 0.682. The number of carbonyl (C=O) groups excluding carboxylic acids is 1. The summed E-state index contributed by atoms with van der Waals surface area (Å²) in [5, 5.41) is 2.99. The maximum absolute atomic E-state index is 12.6.